The first kappa shape index (κ1) is 15.1. The van der Waals surface area contributed by atoms with Gasteiger partial charge >= 0.3 is 0 Å². The highest BCUT2D eigenvalue weighted by Gasteiger charge is 2.09. The lowest BCUT2D eigenvalue weighted by atomic mass is 10.2. The maximum absolute atomic E-state index is 5.60. The summed E-state index contributed by atoms with van der Waals surface area (Å²) in [4.78, 5) is 2.58. The fourth-order valence-electron chi connectivity index (χ4n) is 2.25. The van der Waals surface area contributed by atoms with E-state index < -0.39 is 0 Å². The van der Waals surface area contributed by atoms with Crippen LogP contribution in [0.5, 0.6) is 0 Å². The third-order valence-corrected chi connectivity index (χ3v) is 4.28. The van der Waals surface area contributed by atoms with Gasteiger partial charge in [-0.3, -0.25) is 4.90 Å². The van der Waals surface area contributed by atoms with Crippen LogP contribution in [0.25, 0.3) is 0 Å². The van der Waals surface area contributed by atoms with Crippen molar-refractivity contribution in [1.29, 1.82) is 0 Å². The lowest BCUT2D eigenvalue weighted by Gasteiger charge is -2.14. The zero-order valence-electron chi connectivity index (χ0n) is 12.3. The summed E-state index contributed by atoms with van der Waals surface area (Å²) >= 11 is 6.97. The van der Waals surface area contributed by atoms with Crippen LogP contribution in [0.4, 0.5) is 0 Å². The molecule has 22 heavy (non-hydrogen) atoms. The van der Waals surface area contributed by atoms with E-state index in [9.17, 15) is 0 Å². The molecule has 0 unspecified atom stereocenters. The Labute approximate surface area is 138 Å². The van der Waals surface area contributed by atoms with Gasteiger partial charge in [-0.25, -0.2) is 4.68 Å². The minimum absolute atomic E-state index is 0.420. The van der Waals surface area contributed by atoms with Gasteiger partial charge in [0, 0.05) is 6.54 Å². The smallest absolute Gasteiger partial charge is 0.288 e. The monoisotopic (exact) mass is 331 g/mol. The normalized spacial score (nSPS) is 11.2. The second-order valence-electron chi connectivity index (χ2n) is 5.21. The van der Waals surface area contributed by atoms with Gasteiger partial charge in [-0.2, -0.15) is 11.3 Å². The van der Waals surface area contributed by atoms with Crippen molar-refractivity contribution in [2.75, 3.05) is 7.05 Å². The van der Waals surface area contributed by atoms with E-state index in [0.717, 1.165) is 12.1 Å². The van der Waals surface area contributed by atoms with Gasteiger partial charge in [-0.05, 0) is 47.2 Å². The van der Waals surface area contributed by atoms with Gasteiger partial charge in [0.25, 0.3) is 4.84 Å². The summed E-state index contributed by atoms with van der Waals surface area (Å²) in [5.74, 6) is 0.653. The van der Waals surface area contributed by atoms with Crippen LogP contribution in [0.15, 0.2) is 51.6 Å². The molecule has 0 bridgehead atoms. The van der Waals surface area contributed by atoms with Crippen molar-refractivity contribution < 1.29 is 4.42 Å². The molecule has 2 aromatic heterocycles. The number of nitrogens with zero attached hydrogens (tertiary/aromatic N) is 3. The van der Waals surface area contributed by atoms with Crippen molar-refractivity contribution >= 4 is 23.6 Å². The molecule has 4 nitrogen and oxygen atoms in total. The highest BCUT2D eigenvalue weighted by atomic mass is 32.1. The molecule has 2 heterocycles. The molecule has 0 radical (unpaired) electrons. The highest BCUT2D eigenvalue weighted by Crippen LogP contribution is 2.11. The van der Waals surface area contributed by atoms with Crippen LogP contribution in [-0.4, -0.2) is 21.7 Å². The van der Waals surface area contributed by atoms with E-state index in [-0.39, 0.29) is 0 Å². The molecule has 0 saturated heterocycles. The second kappa shape index (κ2) is 7.00. The lowest BCUT2D eigenvalue weighted by molar-refractivity contribution is 0.241. The molecule has 114 valence electrons. The summed E-state index contributed by atoms with van der Waals surface area (Å²) in [7, 11) is 2.05. The van der Waals surface area contributed by atoms with Crippen molar-refractivity contribution in [1.82, 2.24) is 14.7 Å². The molecule has 0 aliphatic heterocycles. The van der Waals surface area contributed by atoms with Crippen LogP contribution in [0, 0.1) is 4.84 Å². The topological polar surface area (TPSA) is 34.2 Å². The number of hydrogen-bond donors (Lipinski definition) is 0. The summed E-state index contributed by atoms with van der Waals surface area (Å²) < 4.78 is 7.33. The zero-order chi connectivity index (χ0) is 15.4. The molecule has 3 rings (SSSR count). The van der Waals surface area contributed by atoms with E-state index in [0.29, 0.717) is 23.8 Å². The van der Waals surface area contributed by atoms with Crippen LogP contribution in [0.3, 0.4) is 0 Å². The molecule has 6 heteroatoms. The number of aromatic nitrogens is 2. The first-order chi connectivity index (χ1) is 10.7. The van der Waals surface area contributed by atoms with Crippen molar-refractivity contribution in [3.05, 3.63) is 69.0 Å². The maximum Gasteiger partial charge on any atom is 0.288 e. The summed E-state index contributed by atoms with van der Waals surface area (Å²) in [5.41, 5.74) is 2.46. The molecule has 1 aromatic carbocycles. The van der Waals surface area contributed by atoms with E-state index in [1.807, 2.05) is 25.2 Å². The van der Waals surface area contributed by atoms with Crippen LogP contribution in [0.2, 0.25) is 0 Å². The molecular weight excluding hydrogens is 314 g/mol. The molecule has 0 spiro atoms. The Morgan fingerprint density at radius 1 is 1.23 bits per heavy atom. The standard InChI is InChI=1S/C16H17N3OS2/c1-18(10-14-7-8-22-11-14)12-19-16(21)20-15(17-19)9-13-5-3-2-4-6-13/h2-8,11H,9-10,12H2,1H3. The van der Waals surface area contributed by atoms with Gasteiger partial charge in [0.15, 0.2) is 0 Å². The Balaban J connectivity index is 1.66. The Hall–Kier alpha value is -1.76. The van der Waals surface area contributed by atoms with Crippen molar-refractivity contribution in [2.24, 2.45) is 0 Å². The Morgan fingerprint density at radius 3 is 2.77 bits per heavy atom. The molecule has 0 amide bonds. The van der Waals surface area contributed by atoms with Gasteiger partial charge in [-0.1, -0.05) is 30.3 Å². The maximum atomic E-state index is 5.60. The molecular formula is C16H17N3OS2. The minimum Gasteiger partial charge on any atom is -0.414 e. The van der Waals surface area contributed by atoms with Gasteiger partial charge < -0.3 is 4.42 Å². The third kappa shape index (κ3) is 3.91. The average molecular weight is 331 g/mol. The fraction of sp³-hybridized carbons (Fsp3) is 0.250. The van der Waals surface area contributed by atoms with E-state index in [4.69, 9.17) is 16.6 Å². The number of hydrogen-bond acceptors (Lipinski definition) is 5. The SMILES string of the molecule is CN(Cc1ccsc1)Cn1nc(Cc2ccccc2)oc1=S. The van der Waals surface area contributed by atoms with E-state index in [2.05, 4.69) is 39.0 Å². The highest BCUT2D eigenvalue weighted by molar-refractivity contribution is 7.71. The van der Waals surface area contributed by atoms with Crippen LogP contribution >= 0.6 is 23.6 Å². The van der Waals surface area contributed by atoms with Crippen molar-refractivity contribution in [3.8, 4) is 0 Å². The lowest BCUT2D eigenvalue weighted by Crippen LogP contribution is -2.22. The number of thiophene rings is 1. The Bertz CT molecular complexity index is 762. The van der Waals surface area contributed by atoms with Gasteiger partial charge in [0.05, 0.1) is 13.1 Å². The zero-order valence-corrected chi connectivity index (χ0v) is 13.9. The largest absolute Gasteiger partial charge is 0.414 e. The quantitative estimate of drug-likeness (QED) is 0.641. The summed E-state index contributed by atoms with van der Waals surface area (Å²) in [6.07, 6.45) is 0.658. The van der Waals surface area contributed by atoms with Crippen LogP contribution in [-0.2, 0) is 19.6 Å². The summed E-state index contributed by atoms with van der Waals surface area (Å²) in [6.45, 7) is 1.49. The number of rotatable bonds is 6. The molecule has 0 saturated carbocycles. The molecule has 0 fully saturated rings. The molecule has 0 aliphatic carbocycles. The summed E-state index contributed by atoms with van der Waals surface area (Å²) in [5, 5.41) is 8.72. The van der Waals surface area contributed by atoms with Crippen molar-refractivity contribution in [2.45, 2.75) is 19.6 Å². The van der Waals surface area contributed by atoms with E-state index in [1.54, 1.807) is 16.0 Å². The van der Waals surface area contributed by atoms with E-state index >= 15 is 0 Å². The average Bonchev–Trinajstić information content (AvgIpc) is 3.11. The third-order valence-electron chi connectivity index (χ3n) is 3.25. The van der Waals surface area contributed by atoms with E-state index in [1.165, 1.54) is 5.56 Å². The van der Waals surface area contributed by atoms with Gasteiger partial charge in [0.2, 0.25) is 5.89 Å². The number of benzene rings is 1. The Morgan fingerprint density at radius 2 is 2.05 bits per heavy atom. The second-order valence-corrected chi connectivity index (χ2v) is 6.34. The van der Waals surface area contributed by atoms with Crippen LogP contribution < -0.4 is 0 Å². The summed E-state index contributed by atoms with van der Waals surface area (Å²) in [6, 6.07) is 12.3. The minimum atomic E-state index is 0.420. The molecule has 3 aromatic rings. The van der Waals surface area contributed by atoms with Crippen molar-refractivity contribution in [3.63, 3.8) is 0 Å². The first-order valence-electron chi connectivity index (χ1n) is 7.01. The van der Waals surface area contributed by atoms with Gasteiger partial charge in [0.1, 0.15) is 0 Å². The van der Waals surface area contributed by atoms with Crippen LogP contribution in [0.1, 0.15) is 17.0 Å². The predicted molar refractivity (Wildman–Crippen MR) is 90.4 cm³/mol. The molecule has 0 aliphatic rings. The predicted octanol–water partition coefficient (Wildman–Crippen LogP) is 3.95. The molecule has 0 atom stereocenters. The Kier molecular flexibility index (Phi) is 4.82. The van der Waals surface area contributed by atoms with Gasteiger partial charge in [-0.15, -0.1) is 5.10 Å². The fourth-order valence-corrected chi connectivity index (χ4v) is 3.11. The molecule has 0 N–H and O–H groups in total. The first-order valence-corrected chi connectivity index (χ1v) is 8.36.